The van der Waals surface area contributed by atoms with Crippen LogP contribution in [0.15, 0.2) is 0 Å². The van der Waals surface area contributed by atoms with E-state index in [1.807, 2.05) is 6.92 Å². The van der Waals surface area contributed by atoms with Gasteiger partial charge in [0.2, 0.25) is 5.91 Å². The number of carbonyl (C=O) groups excluding carboxylic acids is 1. The van der Waals surface area contributed by atoms with Crippen molar-refractivity contribution in [3.8, 4) is 0 Å². The lowest BCUT2D eigenvalue weighted by Crippen LogP contribution is -2.45. The number of aliphatic carboxylic acids is 1. The van der Waals surface area contributed by atoms with Gasteiger partial charge < -0.3 is 10.0 Å². The molecular weight excluding hydrogens is 286 g/mol. The zero-order valence-corrected chi connectivity index (χ0v) is 13.7. The molecule has 1 aliphatic carbocycles. The fraction of sp³-hybridized carbons (Fsp3) is 0.875. The van der Waals surface area contributed by atoms with E-state index < -0.39 is 12.0 Å². The molecule has 1 N–H and O–H groups in total. The van der Waals surface area contributed by atoms with Gasteiger partial charge >= 0.3 is 5.97 Å². The minimum Gasteiger partial charge on any atom is -0.480 e. The molecule has 1 amide bonds. The van der Waals surface area contributed by atoms with Crippen LogP contribution in [0.5, 0.6) is 0 Å². The van der Waals surface area contributed by atoms with Gasteiger partial charge in [0, 0.05) is 12.2 Å². The molecule has 1 heterocycles. The zero-order chi connectivity index (χ0) is 15.2. The van der Waals surface area contributed by atoms with Crippen LogP contribution in [0.25, 0.3) is 0 Å². The first-order chi connectivity index (χ1) is 10.1. The Bertz CT molecular complexity index is 369. The summed E-state index contributed by atoms with van der Waals surface area (Å²) < 4.78 is 0. The Morgan fingerprint density at radius 3 is 2.57 bits per heavy atom. The van der Waals surface area contributed by atoms with Crippen LogP contribution < -0.4 is 0 Å². The van der Waals surface area contributed by atoms with Crippen LogP contribution in [-0.4, -0.2) is 39.1 Å². The van der Waals surface area contributed by atoms with E-state index in [0.29, 0.717) is 12.2 Å². The van der Waals surface area contributed by atoms with Crippen molar-refractivity contribution >= 4 is 23.6 Å². The number of carbonyl (C=O) groups is 2. The summed E-state index contributed by atoms with van der Waals surface area (Å²) in [6, 6.07) is -0.623. The van der Waals surface area contributed by atoms with Crippen LogP contribution in [0, 0.1) is 5.92 Å². The molecular formula is C16H27NO3S. The minimum absolute atomic E-state index is 0.0371. The lowest BCUT2D eigenvalue weighted by Gasteiger charge is -2.27. The lowest BCUT2D eigenvalue weighted by atomic mass is 9.86. The fourth-order valence-electron chi connectivity index (χ4n) is 3.55. The number of hydrogen-bond donors (Lipinski definition) is 1. The molecule has 5 heteroatoms. The van der Waals surface area contributed by atoms with Gasteiger partial charge in [0.1, 0.15) is 6.04 Å². The van der Waals surface area contributed by atoms with Crippen molar-refractivity contribution < 1.29 is 14.7 Å². The zero-order valence-electron chi connectivity index (χ0n) is 12.9. The number of amides is 1. The number of carboxylic acid groups (broad SMARTS) is 1. The highest BCUT2D eigenvalue weighted by Gasteiger charge is 2.40. The van der Waals surface area contributed by atoms with E-state index in [0.717, 1.165) is 25.2 Å². The summed E-state index contributed by atoms with van der Waals surface area (Å²) in [4.78, 5) is 25.3. The summed E-state index contributed by atoms with van der Waals surface area (Å²) >= 11 is 1.60. The standard InChI is InChI=1S/C16H27NO3S/c1-2-15-17(13(11-21-15)16(19)20)14(18)10-6-9-12-7-4-3-5-8-12/h12-13,15H,2-11H2,1H3,(H,19,20). The molecule has 0 aromatic carbocycles. The highest BCUT2D eigenvalue weighted by Crippen LogP contribution is 2.33. The molecule has 0 spiro atoms. The normalized spacial score (nSPS) is 27.0. The average Bonchev–Trinajstić information content (AvgIpc) is 2.92. The van der Waals surface area contributed by atoms with Gasteiger partial charge in [-0.3, -0.25) is 4.79 Å². The molecule has 120 valence electrons. The third-order valence-corrected chi connectivity index (χ3v) is 6.20. The summed E-state index contributed by atoms with van der Waals surface area (Å²) in [5.74, 6) is 0.494. The largest absolute Gasteiger partial charge is 0.480 e. The average molecular weight is 313 g/mol. The summed E-state index contributed by atoms with van der Waals surface area (Å²) in [7, 11) is 0. The Morgan fingerprint density at radius 1 is 1.24 bits per heavy atom. The Morgan fingerprint density at radius 2 is 1.95 bits per heavy atom. The van der Waals surface area contributed by atoms with Crippen LogP contribution >= 0.6 is 11.8 Å². The molecule has 0 aromatic heterocycles. The Hall–Kier alpha value is -0.710. The summed E-state index contributed by atoms with van der Waals surface area (Å²) in [5.41, 5.74) is 0. The van der Waals surface area contributed by atoms with Gasteiger partial charge in [-0.25, -0.2) is 4.79 Å². The van der Waals surface area contributed by atoms with E-state index >= 15 is 0 Å². The molecule has 2 atom stereocenters. The number of hydrogen-bond acceptors (Lipinski definition) is 3. The van der Waals surface area contributed by atoms with Crippen LogP contribution in [-0.2, 0) is 9.59 Å². The molecule has 4 nitrogen and oxygen atoms in total. The lowest BCUT2D eigenvalue weighted by molar-refractivity contribution is -0.149. The van der Waals surface area contributed by atoms with Gasteiger partial charge in [0.15, 0.2) is 0 Å². The van der Waals surface area contributed by atoms with Crippen molar-refractivity contribution in [3.63, 3.8) is 0 Å². The Balaban J connectivity index is 1.81. The number of nitrogens with zero attached hydrogens (tertiary/aromatic N) is 1. The van der Waals surface area contributed by atoms with Gasteiger partial charge in [-0.15, -0.1) is 11.8 Å². The molecule has 2 rings (SSSR count). The smallest absolute Gasteiger partial charge is 0.327 e. The van der Waals surface area contributed by atoms with Gasteiger partial charge in [0.25, 0.3) is 0 Å². The molecule has 1 aliphatic heterocycles. The fourth-order valence-corrected chi connectivity index (χ4v) is 4.92. The number of rotatable bonds is 6. The molecule has 1 saturated heterocycles. The highest BCUT2D eigenvalue weighted by atomic mass is 32.2. The molecule has 21 heavy (non-hydrogen) atoms. The molecule has 0 aromatic rings. The second-order valence-electron chi connectivity index (χ2n) is 6.25. The first-order valence-electron chi connectivity index (χ1n) is 8.29. The van der Waals surface area contributed by atoms with Gasteiger partial charge in [0.05, 0.1) is 5.37 Å². The molecule has 2 unspecified atom stereocenters. The maximum atomic E-state index is 12.4. The van der Waals surface area contributed by atoms with Gasteiger partial charge in [-0.05, 0) is 25.2 Å². The quantitative estimate of drug-likeness (QED) is 0.815. The van der Waals surface area contributed by atoms with E-state index in [4.69, 9.17) is 0 Å². The minimum atomic E-state index is -0.862. The SMILES string of the molecule is CCC1SCC(C(=O)O)N1C(=O)CCCC1CCCCC1. The second kappa shape index (κ2) is 8.06. The molecule has 2 aliphatic rings. The molecule has 0 bridgehead atoms. The first kappa shape index (κ1) is 16.7. The van der Waals surface area contributed by atoms with Gasteiger partial charge in [-0.1, -0.05) is 39.0 Å². The van der Waals surface area contributed by atoms with E-state index in [-0.39, 0.29) is 11.3 Å². The molecule has 2 fully saturated rings. The number of thioether (sulfide) groups is 1. The maximum Gasteiger partial charge on any atom is 0.327 e. The van der Waals surface area contributed by atoms with Gasteiger partial charge in [-0.2, -0.15) is 0 Å². The number of carboxylic acids is 1. The van der Waals surface area contributed by atoms with E-state index in [9.17, 15) is 14.7 Å². The monoisotopic (exact) mass is 313 g/mol. The topological polar surface area (TPSA) is 57.6 Å². The van der Waals surface area contributed by atoms with Crippen molar-refractivity contribution in [2.45, 2.75) is 76.1 Å². The summed E-state index contributed by atoms with van der Waals surface area (Å²) in [5, 5.41) is 9.32. The van der Waals surface area contributed by atoms with Crippen molar-refractivity contribution in [1.82, 2.24) is 4.90 Å². The first-order valence-corrected chi connectivity index (χ1v) is 9.34. The second-order valence-corrected chi connectivity index (χ2v) is 7.46. The predicted molar refractivity (Wildman–Crippen MR) is 85.2 cm³/mol. The van der Waals surface area contributed by atoms with Crippen LogP contribution in [0.3, 0.4) is 0 Å². The van der Waals surface area contributed by atoms with Crippen LogP contribution in [0.4, 0.5) is 0 Å². The van der Waals surface area contributed by atoms with Crippen molar-refractivity contribution in [3.05, 3.63) is 0 Å². The predicted octanol–water partition coefficient (Wildman–Crippen LogP) is 3.50. The summed E-state index contributed by atoms with van der Waals surface area (Å²) in [6.07, 6.45) is 10.0. The third kappa shape index (κ3) is 4.38. The maximum absolute atomic E-state index is 12.4. The highest BCUT2D eigenvalue weighted by molar-refractivity contribution is 8.00. The molecule has 0 radical (unpaired) electrons. The van der Waals surface area contributed by atoms with E-state index in [1.165, 1.54) is 32.1 Å². The van der Waals surface area contributed by atoms with Crippen LogP contribution in [0.1, 0.15) is 64.7 Å². The molecule has 1 saturated carbocycles. The van der Waals surface area contributed by atoms with Crippen molar-refractivity contribution in [2.24, 2.45) is 5.92 Å². The van der Waals surface area contributed by atoms with E-state index in [1.54, 1.807) is 16.7 Å². The summed E-state index contributed by atoms with van der Waals surface area (Å²) in [6.45, 7) is 2.02. The van der Waals surface area contributed by atoms with Crippen LogP contribution in [0.2, 0.25) is 0 Å². The Labute approximate surface area is 131 Å². The van der Waals surface area contributed by atoms with E-state index in [2.05, 4.69) is 0 Å². The Kier molecular flexibility index (Phi) is 6.40. The van der Waals surface area contributed by atoms with Crippen molar-refractivity contribution in [1.29, 1.82) is 0 Å². The van der Waals surface area contributed by atoms with Crippen molar-refractivity contribution in [2.75, 3.05) is 5.75 Å². The third-order valence-electron chi connectivity index (χ3n) is 4.74.